The number of carbonyl (C=O) groups excluding carboxylic acids is 1. The van der Waals surface area contributed by atoms with Crippen LogP contribution in [-0.4, -0.2) is 61.3 Å². The maximum Gasteiger partial charge on any atom is 0.314 e. The molecular weight excluding hydrogens is 468 g/mol. The Morgan fingerprint density at radius 3 is 1.43 bits per heavy atom. The number of rotatable bonds is 16. The Morgan fingerprint density at radius 2 is 1.20 bits per heavy atom. The van der Waals surface area contributed by atoms with Gasteiger partial charge in [0, 0.05) is 32.6 Å². The number of hydrogen-bond donors (Lipinski definition) is 5. The lowest BCUT2D eigenvalue weighted by molar-refractivity contribution is -0.150. The molecule has 0 bridgehead atoms. The van der Waals surface area contributed by atoms with E-state index in [1.165, 1.54) is 19.1 Å². The van der Waals surface area contributed by atoms with Crippen molar-refractivity contribution in [1.29, 1.82) is 0 Å². The lowest BCUT2D eigenvalue weighted by Gasteiger charge is -2.32. The van der Waals surface area contributed by atoms with Crippen LogP contribution in [0, 0.1) is 11.3 Å². The molecule has 0 aliphatic rings. The largest absolute Gasteiger partial charge is 0.481 e. The topological polar surface area (TPSA) is 213 Å². The number of carboxylic acids is 5. The second kappa shape index (κ2) is 20.6. The third-order valence-corrected chi connectivity index (χ3v) is 4.41. The van der Waals surface area contributed by atoms with E-state index in [-0.39, 0.29) is 44.5 Å². The molecule has 5 N–H and O–H groups in total. The van der Waals surface area contributed by atoms with Gasteiger partial charge < -0.3 is 30.3 Å². The molecule has 12 heteroatoms. The van der Waals surface area contributed by atoms with Crippen LogP contribution < -0.4 is 0 Å². The van der Waals surface area contributed by atoms with Crippen LogP contribution in [0.1, 0.15) is 58.3 Å². The Kier molecular flexibility index (Phi) is 21.0. The van der Waals surface area contributed by atoms with Gasteiger partial charge in [-0.05, 0) is 31.6 Å². The number of allylic oxidation sites excluding steroid dienone is 1. The zero-order valence-corrected chi connectivity index (χ0v) is 19.7. The van der Waals surface area contributed by atoms with Gasteiger partial charge in [0.05, 0.1) is 11.7 Å². The number of carboxylic acid groups (broad SMARTS) is 5. The van der Waals surface area contributed by atoms with Crippen LogP contribution in [0.2, 0.25) is 0 Å². The summed E-state index contributed by atoms with van der Waals surface area (Å²) in [5.74, 6) is -6.14. The molecule has 0 rings (SSSR count). The Balaban J connectivity index is -0.000000530. The quantitative estimate of drug-likeness (QED) is 0.0890. The predicted octanol–water partition coefficient (Wildman–Crippen LogP) is 3.18. The third kappa shape index (κ3) is 20.4. The molecule has 0 aromatic carbocycles. The molecule has 0 heterocycles. The number of unbranched alkanes of at least 4 members (excludes halogenated alkanes) is 1. The van der Waals surface area contributed by atoms with Crippen molar-refractivity contribution in [3.8, 4) is 0 Å². The van der Waals surface area contributed by atoms with Crippen molar-refractivity contribution < 1.29 is 59.0 Å². The van der Waals surface area contributed by atoms with Crippen molar-refractivity contribution in [1.82, 2.24) is 0 Å². The van der Waals surface area contributed by atoms with E-state index in [4.69, 9.17) is 20.4 Å². The van der Waals surface area contributed by atoms with Gasteiger partial charge in [-0.2, -0.15) is 0 Å². The van der Waals surface area contributed by atoms with Crippen molar-refractivity contribution in [3.05, 3.63) is 38.2 Å². The van der Waals surface area contributed by atoms with E-state index in [1.54, 1.807) is 0 Å². The van der Waals surface area contributed by atoms with Crippen LogP contribution in [0.25, 0.3) is 0 Å². The van der Waals surface area contributed by atoms with Crippen LogP contribution >= 0.6 is 0 Å². The van der Waals surface area contributed by atoms with Gasteiger partial charge in [-0.1, -0.05) is 18.7 Å². The van der Waals surface area contributed by atoms with Gasteiger partial charge in [-0.3, -0.25) is 28.8 Å². The van der Waals surface area contributed by atoms with Crippen molar-refractivity contribution in [2.45, 2.75) is 58.3 Å². The van der Waals surface area contributed by atoms with Crippen molar-refractivity contribution in [3.63, 3.8) is 0 Å². The third-order valence-electron chi connectivity index (χ3n) is 4.41. The number of aliphatic carboxylic acids is 5. The van der Waals surface area contributed by atoms with E-state index in [0.29, 0.717) is 12.8 Å². The molecule has 0 aliphatic heterocycles. The minimum absolute atomic E-state index is 0.0628. The summed E-state index contributed by atoms with van der Waals surface area (Å²) in [6.07, 6.45) is 4.00. The first-order valence-corrected chi connectivity index (χ1v) is 10.3. The lowest BCUT2D eigenvalue weighted by atomic mass is 9.70. The van der Waals surface area contributed by atoms with Gasteiger partial charge in [-0.15, -0.1) is 13.2 Å². The van der Waals surface area contributed by atoms with Crippen molar-refractivity contribution >= 4 is 35.8 Å². The maximum atomic E-state index is 11.5. The molecule has 2 atom stereocenters. The second-order valence-corrected chi connectivity index (χ2v) is 6.99. The van der Waals surface area contributed by atoms with Crippen molar-refractivity contribution in [2.75, 3.05) is 0 Å². The molecule has 35 heavy (non-hydrogen) atoms. The summed E-state index contributed by atoms with van der Waals surface area (Å²) in [4.78, 5) is 62.2. The summed E-state index contributed by atoms with van der Waals surface area (Å²) in [7, 11) is 0. The van der Waals surface area contributed by atoms with E-state index in [1.807, 2.05) is 0 Å². The summed E-state index contributed by atoms with van der Waals surface area (Å²) in [6.45, 7) is 11.4. The molecule has 0 radical (unpaired) electrons. The fraction of sp³-hybridized carbons (Fsp3) is 0.478. The fourth-order valence-corrected chi connectivity index (χ4v) is 2.64. The number of carbonyl (C=O) groups is 6. The van der Waals surface area contributed by atoms with Crippen LogP contribution in [0.15, 0.2) is 38.2 Å². The summed E-state index contributed by atoms with van der Waals surface area (Å²) >= 11 is 0. The Hall–Kier alpha value is -3.96. The number of esters is 1. The zero-order valence-electron chi connectivity index (χ0n) is 19.7. The minimum atomic E-state index is -1.50. The van der Waals surface area contributed by atoms with Gasteiger partial charge in [0.25, 0.3) is 0 Å². The first-order valence-electron chi connectivity index (χ1n) is 10.3. The van der Waals surface area contributed by atoms with Crippen LogP contribution in [0.4, 0.5) is 0 Å². The van der Waals surface area contributed by atoms with E-state index in [2.05, 4.69) is 24.5 Å². The van der Waals surface area contributed by atoms with E-state index in [0.717, 1.165) is 6.26 Å². The fourth-order valence-electron chi connectivity index (χ4n) is 2.64. The average molecular weight is 503 g/mol. The standard InChI is InChI=1S/C13H18O6.C6H10O4.C4H6O2/c1-3-9(5-6-10(14)15)13(4-2,12(18)19)8-7-11(16)17;7-5(8)3-1-2-4-6(9)10;1-3-6-4(2)5/h3-4,9H,1-2,5-8H2,(H,14,15)(H,16,17)(H,18,19);1-4H2,(H,7,8)(H,9,10);3H,1H2,2H3. The Labute approximate surface area is 203 Å². The summed E-state index contributed by atoms with van der Waals surface area (Å²) in [5.41, 5.74) is -1.50. The normalized spacial score (nSPS) is 11.9. The molecule has 0 saturated heterocycles. The molecular formula is C23H34O12. The van der Waals surface area contributed by atoms with Gasteiger partial charge in [0.2, 0.25) is 0 Å². The SMILES string of the molecule is C=CC(CCC(=O)O)C(C=C)(CCC(=O)O)C(=O)O.C=COC(C)=O.O=C(O)CCCCC(=O)O. The van der Waals surface area contributed by atoms with Gasteiger partial charge in [0.15, 0.2) is 0 Å². The smallest absolute Gasteiger partial charge is 0.314 e. The molecule has 0 aromatic heterocycles. The van der Waals surface area contributed by atoms with E-state index >= 15 is 0 Å². The highest BCUT2D eigenvalue weighted by Gasteiger charge is 2.42. The maximum absolute atomic E-state index is 11.5. The van der Waals surface area contributed by atoms with Crippen molar-refractivity contribution in [2.24, 2.45) is 11.3 Å². The highest BCUT2D eigenvalue weighted by atomic mass is 16.5. The van der Waals surface area contributed by atoms with Gasteiger partial charge >= 0.3 is 35.8 Å². The molecule has 0 aliphatic carbocycles. The van der Waals surface area contributed by atoms with E-state index < -0.39 is 41.2 Å². The summed E-state index contributed by atoms with van der Waals surface area (Å²) < 4.78 is 4.17. The van der Waals surface area contributed by atoms with Crippen LogP contribution in [-0.2, 0) is 33.5 Å². The van der Waals surface area contributed by atoms with Crippen LogP contribution in [0.5, 0.6) is 0 Å². The van der Waals surface area contributed by atoms with Gasteiger partial charge in [0.1, 0.15) is 0 Å². The molecule has 0 fully saturated rings. The molecule has 0 spiro atoms. The Bertz CT molecular complexity index is 740. The second-order valence-electron chi connectivity index (χ2n) is 6.99. The number of ether oxygens (including phenoxy) is 1. The molecule has 12 nitrogen and oxygen atoms in total. The first-order chi connectivity index (χ1) is 16.2. The summed E-state index contributed by atoms with van der Waals surface area (Å²) in [6, 6.07) is 0. The molecule has 0 aromatic rings. The highest BCUT2D eigenvalue weighted by Crippen LogP contribution is 2.38. The molecule has 0 amide bonds. The monoisotopic (exact) mass is 502 g/mol. The van der Waals surface area contributed by atoms with Gasteiger partial charge in [-0.25, -0.2) is 0 Å². The van der Waals surface area contributed by atoms with Crippen LogP contribution in [0.3, 0.4) is 0 Å². The molecule has 2 unspecified atom stereocenters. The predicted molar refractivity (Wildman–Crippen MR) is 123 cm³/mol. The first kappa shape index (κ1) is 35.6. The number of hydrogen-bond acceptors (Lipinski definition) is 7. The molecule has 0 saturated carbocycles. The zero-order chi connectivity index (χ0) is 28.0. The Morgan fingerprint density at radius 1 is 0.771 bits per heavy atom. The molecule has 198 valence electrons. The summed E-state index contributed by atoms with van der Waals surface area (Å²) in [5, 5.41) is 42.9. The average Bonchev–Trinajstić information content (AvgIpc) is 2.73. The highest BCUT2D eigenvalue weighted by molar-refractivity contribution is 5.79. The lowest BCUT2D eigenvalue weighted by Crippen LogP contribution is -2.37. The minimum Gasteiger partial charge on any atom is -0.481 e. The van der Waals surface area contributed by atoms with E-state index in [9.17, 15) is 33.9 Å².